The number of ether oxygens (including phenoxy) is 1. The van der Waals surface area contributed by atoms with Crippen molar-refractivity contribution < 1.29 is 4.74 Å². The van der Waals surface area contributed by atoms with Crippen LogP contribution in [0.2, 0.25) is 10.0 Å². The van der Waals surface area contributed by atoms with Crippen LogP contribution in [0.25, 0.3) is 0 Å². The molecule has 0 saturated heterocycles. The van der Waals surface area contributed by atoms with Gasteiger partial charge in [-0.1, -0.05) is 29.3 Å². The molecule has 0 bridgehead atoms. The molecule has 0 fully saturated rings. The third-order valence-corrected chi connectivity index (χ3v) is 4.55. The molecule has 2 N–H and O–H groups in total. The van der Waals surface area contributed by atoms with Crippen LogP contribution in [-0.2, 0) is 0 Å². The molecular weight excluding hydrogens is 363 g/mol. The zero-order chi connectivity index (χ0) is 17.3. The van der Waals surface area contributed by atoms with Crippen molar-refractivity contribution >= 4 is 46.2 Å². The summed E-state index contributed by atoms with van der Waals surface area (Å²) in [5.41, 5.74) is 1.64. The van der Waals surface area contributed by atoms with E-state index < -0.39 is 0 Å². The standard InChI is InChI=1S/C18H18Cl2N2OS/c1-18(2)10-15(14-8-5-12(20)9-16(14)23-18)22-17(24)21-13-6-3-11(19)4-7-13/h3-9,15H,10H2,1-2H3,(H2,21,22,24)/t15-/m1/s1. The summed E-state index contributed by atoms with van der Waals surface area (Å²) in [6.07, 6.45) is 0.796. The summed E-state index contributed by atoms with van der Waals surface area (Å²) in [4.78, 5) is 0. The fourth-order valence-corrected chi connectivity index (χ4v) is 3.36. The molecule has 1 heterocycles. The van der Waals surface area contributed by atoms with Gasteiger partial charge in [0.15, 0.2) is 5.11 Å². The predicted molar refractivity (Wildman–Crippen MR) is 104 cm³/mol. The monoisotopic (exact) mass is 380 g/mol. The molecular formula is C18H18Cl2N2OS. The first-order valence-electron chi connectivity index (χ1n) is 7.64. The second-order valence-electron chi connectivity index (χ2n) is 6.41. The number of nitrogens with one attached hydrogen (secondary N) is 2. The molecule has 126 valence electrons. The van der Waals surface area contributed by atoms with Gasteiger partial charge >= 0.3 is 0 Å². The molecule has 0 radical (unpaired) electrons. The first-order chi connectivity index (χ1) is 11.3. The van der Waals surface area contributed by atoms with Crippen LogP contribution in [0.1, 0.15) is 31.9 Å². The van der Waals surface area contributed by atoms with Gasteiger partial charge in [-0.3, -0.25) is 0 Å². The second kappa shape index (κ2) is 6.79. The Kier molecular flexibility index (Phi) is 4.90. The van der Waals surface area contributed by atoms with Crippen molar-refractivity contribution in [2.75, 3.05) is 5.32 Å². The van der Waals surface area contributed by atoms with Gasteiger partial charge < -0.3 is 15.4 Å². The maximum Gasteiger partial charge on any atom is 0.171 e. The number of anilines is 1. The van der Waals surface area contributed by atoms with Crippen molar-refractivity contribution in [2.45, 2.75) is 31.9 Å². The van der Waals surface area contributed by atoms with Crippen molar-refractivity contribution in [1.29, 1.82) is 0 Å². The summed E-state index contributed by atoms with van der Waals surface area (Å²) in [5.74, 6) is 0.797. The van der Waals surface area contributed by atoms with Crippen molar-refractivity contribution in [1.82, 2.24) is 5.32 Å². The Morgan fingerprint density at radius 3 is 2.50 bits per heavy atom. The van der Waals surface area contributed by atoms with E-state index >= 15 is 0 Å². The lowest BCUT2D eigenvalue weighted by molar-refractivity contribution is 0.0697. The Bertz CT molecular complexity index is 762. The lowest BCUT2D eigenvalue weighted by atomic mass is 9.90. The third kappa shape index (κ3) is 4.12. The maximum absolute atomic E-state index is 6.09. The van der Waals surface area contributed by atoms with Crippen LogP contribution < -0.4 is 15.4 Å². The maximum atomic E-state index is 6.09. The molecule has 0 saturated carbocycles. The molecule has 0 spiro atoms. The Morgan fingerprint density at radius 2 is 1.79 bits per heavy atom. The minimum absolute atomic E-state index is 0.0494. The van der Waals surface area contributed by atoms with E-state index in [2.05, 4.69) is 24.5 Å². The van der Waals surface area contributed by atoms with Crippen LogP contribution >= 0.6 is 35.4 Å². The summed E-state index contributed by atoms with van der Waals surface area (Å²) < 4.78 is 6.04. The first-order valence-corrected chi connectivity index (χ1v) is 8.80. The molecule has 2 aromatic rings. The predicted octanol–water partition coefficient (Wildman–Crippen LogP) is 5.58. The summed E-state index contributed by atoms with van der Waals surface area (Å²) in [6, 6.07) is 13.2. The molecule has 0 aliphatic carbocycles. The average Bonchev–Trinajstić information content (AvgIpc) is 2.48. The van der Waals surface area contributed by atoms with Crippen LogP contribution in [0.3, 0.4) is 0 Å². The first kappa shape index (κ1) is 17.3. The fraction of sp³-hybridized carbons (Fsp3) is 0.278. The van der Waals surface area contributed by atoms with Gasteiger partial charge in [0, 0.05) is 27.7 Å². The SMILES string of the molecule is CC1(C)C[C@@H](NC(=S)Nc2ccc(Cl)cc2)c2ccc(Cl)cc2O1. The Hall–Kier alpha value is -1.49. The highest BCUT2D eigenvalue weighted by atomic mass is 35.5. The van der Waals surface area contributed by atoms with Gasteiger partial charge in [-0.05, 0) is 62.5 Å². The Balaban J connectivity index is 1.76. The fourth-order valence-electron chi connectivity index (χ4n) is 2.81. The average molecular weight is 381 g/mol. The minimum atomic E-state index is -0.300. The van der Waals surface area contributed by atoms with Gasteiger partial charge in [0.25, 0.3) is 0 Å². The normalized spacial score (nSPS) is 18.2. The molecule has 2 aromatic carbocycles. The summed E-state index contributed by atoms with van der Waals surface area (Å²) in [7, 11) is 0. The molecule has 1 aliphatic rings. The largest absolute Gasteiger partial charge is 0.487 e. The van der Waals surface area contributed by atoms with Crippen LogP contribution in [0.5, 0.6) is 5.75 Å². The number of benzene rings is 2. The summed E-state index contributed by atoms with van der Waals surface area (Å²) >= 11 is 17.5. The zero-order valence-corrected chi connectivity index (χ0v) is 15.7. The van der Waals surface area contributed by atoms with Gasteiger partial charge in [0.1, 0.15) is 11.4 Å². The van der Waals surface area contributed by atoms with Crippen molar-refractivity contribution in [3.05, 3.63) is 58.1 Å². The van der Waals surface area contributed by atoms with E-state index in [0.29, 0.717) is 15.2 Å². The summed E-state index contributed by atoms with van der Waals surface area (Å²) in [5, 5.41) is 8.47. The molecule has 0 unspecified atom stereocenters. The second-order valence-corrected chi connectivity index (χ2v) is 7.69. The minimum Gasteiger partial charge on any atom is -0.487 e. The molecule has 24 heavy (non-hydrogen) atoms. The molecule has 3 rings (SSSR count). The van der Waals surface area contributed by atoms with Crippen molar-refractivity contribution in [2.24, 2.45) is 0 Å². The highest BCUT2D eigenvalue weighted by Crippen LogP contribution is 2.40. The van der Waals surface area contributed by atoms with Gasteiger partial charge in [-0.25, -0.2) is 0 Å². The van der Waals surface area contributed by atoms with E-state index in [0.717, 1.165) is 23.4 Å². The smallest absolute Gasteiger partial charge is 0.171 e. The number of rotatable bonds is 2. The molecule has 6 heteroatoms. The highest BCUT2D eigenvalue weighted by Gasteiger charge is 2.34. The number of thiocarbonyl (C=S) groups is 1. The molecule has 3 nitrogen and oxygen atoms in total. The van der Waals surface area contributed by atoms with Gasteiger partial charge in [0.05, 0.1) is 6.04 Å². The van der Waals surface area contributed by atoms with Crippen LogP contribution in [0.4, 0.5) is 5.69 Å². The van der Waals surface area contributed by atoms with E-state index in [1.54, 1.807) is 0 Å². The van der Waals surface area contributed by atoms with E-state index in [-0.39, 0.29) is 11.6 Å². The molecule has 1 aliphatic heterocycles. The Labute approximate surface area is 157 Å². The topological polar surface area (TPSA) is 33.3 Å². The van der Waals surface area contributed by atoms with E-state index in [9.17, 15) is 0 Å². The van der Waals surface area contributed by atoms with Crippen molar-refractivity contribution in [3.8, 4) is 5.75 Å². The van der Waals surface area contributed by atoms with E-state index in [1.807, 2.05) is 42.5 Å². The van der Waals surface area contributed by atoms with Gasteiger partial charge in [0.2, 0.25) is 0 Å². The zero-order valence-electron chi connectivity index (χ0n) is 13.4. The number of fused-ring (bicyclic) bond motifs is 1. The molecule has 0 aromatic heterocycles. The lowest BCUT2D eigenvalue weighted by Crippen LogP contribution is -2.42. The van der Waals surface area contributed by atoms with Gasteiger partial charge in [-0.15, -0.1) is 0 Å². The van der Waals surface area contributed by atoms with E-state index in [1.165, 1.54) is 0 Å². The number of hydrogen-bond donors (Lipinski definition) is 2. The van der Waals surface area contributed by atoms with Crippen LogP contribution in [0, 0.1) is 0 Å². The number of halogens is 2. The van der Waals surface area contributed by atoms with Crippen LogP contribution in [0.15, 0.2) is 42.5 Å². The van der Waals surface area contributed by atoms with Crippen LogP contribution in [-0.4, -0.2) is 10.7 Å². The van der Waals surface area contributed by atoms with E-state index in [4.69, 9.17) is 40.2 Å². The quantitative estimate of drug-likeness (QED) is 0.665. The Morgan fingerprint density at radius 1 is 1.12 bits per heavy atom. The number of hydrogen-bond acceptors (Lipinski definition) is 2. The lowest BCUT2D eigenvalue weighted by Gasteiger charge is -2.38. The van der Waals surface area contributed by atoms with Gasteiger partial charge in [-0.2, -0.15) is 0 Å². The molecule has 1 atom stereocenters. The molecule has 0 amide bonds. The highest BCUT2D eigenvalue weighted by molar-refractivity contribution is 7.80. The van der Waals surface area contributed by atoms with Crippen molar-refractivity contribution in [3.63, 3.8) is 0 Å². The summed E-state index contributed by atoms with van der Waals surface area (Å²) in [6.45, 7) is 4.11. The third-order valence-electron chi connectivity index (χ3n) is 3.84.